The van der Waals surface area contributed by atoms with Gasteiger partial charge in [-0.25, -0.2) is 4.39 Å². The summed E-state index contributed by atoms with van der Waals surface area (Å²) in [6.07, 6.45) is 0.0825. The summed E-state index contributed by atoms with van der Waals surface area (Å²) in [7, 11) is -0.744. The Balaban J connectivity index is 2.34. The number of halogens is 1. The van der Waals surface area contributed by atoms with Crippen molar-refractivity contribution in [3.05, 3.63) is 29.6 Å². The molecule has 108 valence electrons. The van der Waals surface area contributed by atoms with Crippen LogP contribution in [0.5, 0.6) is 0 Å². The Morgan fingerprint density at radius 3 is 2.25 bits per heavy atom. The van der Waals surface area contributed by atoms with Crippen LogP contribution in [0.25, 0.3) is 0 Å². The highest BCUT2D eigenvalue weighted by atomic mass is 19.1. The van der Waals surface area contributed by atoms with Crippen LogP contribution in [0.4, 0.5) is 4.39 Å². The van der Waals surface area contributed by atoms with E-state index in [0.717, 1.165) is 0 Å². The van der Waals surface area contributed by atoms with Crippen molar-refractivity contribution in [3.8, 4) is 0 Å². The molecule has 2 rings (SSSR count). The highest BCUT2D eigenvalue weighted by Crippen LogP contribution is 2.36. The number of ketones is 1. The highest BCUT2D eigenvalue weighted by molar-refractivity contribution is 6.62. The van der Waals surface area contributed by atoms with Gasteiger partial charge in [-0.2, -0.15) is 0 Å². The van der Waals surface area contributed by atoms with Gasteiger partial charge in [0, 0.05) is 11.9 Å². The van der Waals surface area contributed by atoms with Crippen molar-refractivity contribution in [2.24, 2.45) is 0 Å². The molecule has 3 nitrogen and oxygen atoms in total. The van der Waals surface area contributed by atoms with Gasteiger partial charge >= 0.3 is 7.12 Å². The van der Waals surface area contributed by atoms with E-state index in [4.69, 9.17) is 9.31 Å². The second-order valence-electron chi connectivity index (χ2n) is 6.29. The van der Waals surface area contributed by atoms with Gasteiger partial charge in [0.1, 0.15) is 11.6 Å². The van der Waals surface area contributed by atoms with Crippen LogP contribution in [0, 0.1) is 5.82 Å². The average Bonchev–Trinajstić information content (AvgIpc) is 2.50. The molecule has 1 aliphatic rings. The first-order valence-electron chi connectivity index (χ1n) is 6.76. The van der Waals surface area contributed by atoms with Crippen LogP contribution in [-0.4, -0.2) is 24.1 Å². The molecule has 0 radical (unpaired) electrons. The lowest BCUT2D eigenvalue weighted by molar-refractivity contribution is -0.116. The maximum atomic E-state index is 14.5. The Hall–Kier alpha value is -1.20. The van der Waals surface area contributed by atoms with Gasteiger partial charge in [-0.05, 0) is 40.2 Å². The zero-order chi connectivity index (χ0) is 15.1. The van der Waals surface area contributed by atoms with Gasteiger partial charge in [0.2, 0.25) is 0 Å². The number of Topliss-reactive ketones (excluding diaryl/α,β-unsaturated/α-hetero) is 1. The van der Waals surface area contributed by atoms with E-state index in [1.54, 1.807) is 18.2 Å². The van der Waals surface area contributed by atoms with Crippen LogP contribution in [-0.2, 0) is 20.5 Å². The number of hydrogen-bond donors (Lipinski definition) is 0. The van der Waals surface area contributed by atoms with Crippen LogP contribution in [0.15, 0.2) is 18.2 Å². The molecule has 0 unspecified atom stereocenters. The average molecular weight is 278 g/mol. The third-order valence-corrected chi connectivity index (χ3v) is 4.06. The van der Waals surface area contributed by atoms with Gasteiger partial charge in [0.05, 0.1) is 11.2 Å². The predicted molar refractivity (Wildman–Crippen MR) is 76.5 cm³/mol. The molecule has 1 fully saturated rings. The Kier molecular flexibility index (Phi) is 3.78. The number of benzene rings is 1. The van der Waals surface area contributed by atoms with E-state index >= 15 is 0 Å². The summed E-state index contributed by atoms with van der Waals surface area (Å²) < 4.78 is 26.2. The van der Waals surface area contributed by atoms with Gasteiger partial charge in [-0.3, -0.25) is 4.79 Å². The Morgan fingerprint density at radius 2 is 1.75 bits per heavy atom. The topological polar surface area (TPSA) is 35.5 Å². The molecule has 0 aliphatic carbocycles. The first-order valence-corrected chi connectivity index (χ1v) is 6.76. The molecule has 0 amide bonds. The van der Waals surface area contributed by atoms with Crippen molar-refractivity contribution in [1.29, 1.82) is 0 Å². The van der Waals surface area contributed by atoms with Gasteiger partial charge in [0.25, 0.3) is 0 Å². The van der Waals surface area contributed by atoms with Crippen LogP contribution in [0.3, 0.4) is 0 Å². The molecule has 1 saturated heterocycles. The first-order chi connectivity index (χ1) is 9.14. The van der Waals surface area contributed by atoms with Crippen molar-refractivity contribution in [2.45, 2.75) is 52.2 Å². The molecule has 0 N–H and O–H groups in total. The fourth-order valence-corrected chi connectivity index (χ4v) is 2.16. The van der Waals surface area contributed by atoms with Crippen LogP contribution >= 0.6 is 0 Å². The molecule has 0 atom stereocenters. The molecule has 0 bridgehead atoms. The molecule has 0 saturated carbocycles. The van der Waals surface area contributed by atoms with Gasteiger partial charge in [-0.1, -0.05) is 18.2 Å². The lowest BCUT2D eigenvalue weighted by Crippen LogP contribution is -2.41. The molecule has 0 spiro atoms. The molecule has 20 heavy (non-hydrogen) atoms. The van der Waals surface area contributed by atoms with E-state index < -0.39 is 24.1 Å². The van der Waals surface area contributed by atoms with Crippen LogP contribution in [0.1, 0.15) is 40.2 Å². The lowest BCUT2D eigenvalue weighted by Gasteiger charge is -2.32. The summed E-state index contributed by atoms with van der Waals surface area (Å²) in [5, 5.41) is 0. The second kappa shape index (κ2) is 4.97. The molecular formula is C15H20BFO3. The second-order valence-corrected chi connectivity index (χ2v) is 6.29. The van der Waals surface area contributed by atoms with Crippen molar-refractivity contribution < 1.29 is 18.5 Å². The minimum Gasteiger partial charge on any atom is -0.399 e. The van der Waals surface area contributed by atoms with E-state index in [1.165, 1.54) is 6.92 Å². The van der Waals surface area contributed by atoms with Crippen molar-refractivity contribution >= 4 is 18.4 Å². The van der Waals surface area contributed by atoms with E-state index in [1.807, 2.05) is 27.7 Å². The fraction of sp³-hybridized carbons (Fsp3) is 0.533. The molecular weight excluding hydrogens is 258 g/mol. The van der Waals surface area contributed by atoms with Crippen molar-refractivity contribution in [3.63, 3.8) is 0 Å². The lowest BCUT2D eigenvalue weighted by atomic mass is 9.77. The van der Waals surface area contributed by atoms with Crippen LogP contribution < -0.4 is 5.46 Å². The standard InChI is InChI=1S/C15H20BFO3/c1-10(18)9-11-7-6-8-12(13(11)17)16-19-14(2,3)15(4,5)20-16/h6-8H,9H2,1-5H3. The van der Waals surface area contributed by atoms with Gasteiger partial charge in [0.15, 0.2) is 0 Å². The summed E-state index contributed by atoms with van der Waals surface area (Å²) in [4.78, 5) is 11.2. The summed E-state index contributed by atoms with van der Waals surface area (Å²) in [6, 6.07) is 4.98. The molecule has 5 heteroatoms. The van der Waals surface area contributed by atoms with E-state index in [9.17, 15) is 9.18 Å². The molecule has 0 aromatic heterocycles. The first kappa shape index (κ1) is 15.2. The highest BCUT2D eigenvalue weighted by Gasteiger charge is 2.52. The number of hydrogen-bond acceptors (Lipinski definition) is 3. The number of carbonyl (C=O) groups is 1. The third kappa shape index (κ3) is 2.65. The smallest absolute Gasteiger partial charge is 0.399 e. The number of carbonyl (C=O) groups excluding carboxylic acids is 1. The SMILES string of the molecule is CC(=O)Cc1cccc(B2OC(C)(C)C(C)(C)O2)c1F. The van der Waals surface area contributed by atoms with Gasteiger partial charge in [-0.15, -0.1) is 0 Å². The summed E-state index contributed by atoms with van der Waals surface area (Å²) in [5.41, 5.74) is -0.298. The molecule has 1 aromatic rings. The van der Waals surface area contributed by atoms with E-state index in [0.29, 0.717) is 11.0 Å². The summed E-state index contributed by atoms with van der Waals surface area (Å²) in [6.45, 7) is 9.13. The summed E-state index contributed by atoms with van der Waals surface area (Å²) >= 11 is 0. The normalized spacial score (nSPS) is 20.2. The quantitative estimate of drug-likeness (QED) is 0.795. The van der Waals surface area contributed by atoms with E-state index in [-0.39, 0.29) is 12.2 Å². The Labute approximate surface area is 119 Å². The van der Waals surface area contributed by atoms with Crippen molar-refractivity contribution in [1.82, 2.24) is 0 Å². The third-order valence-electron chi connectivity index (χ3n) is 4.06. The Bertz CT molecular complexity index is 524. The molecule has 1 aliphatic heterocycles. The van der Waals surface area contributed by atoms with Gasteiger partial charge < -0.3 is 9.31 Å². The monoisotopic (exact) mass is 278 g/mol. The predicted octanol–water partition coefficient (Wildman–Crippen LogP) is 2.26. The fourth-order valence-electron chi connectivity index (χ4n) is 2.16. The maximum absolute atomic E-state index is 14.5. The zero-order valence-electron chi connectivity index (χ0n) is 12.6. The largest absolute Gasteiger partial charge is 0.497 e. The van der Waals surface area contributed by atoms with Crippen LogP contribution in [0.2, 0.25) is 0 Å². The zero-order valence-corrected chi connectivity index (χ0v) is 12.6. The Morgan fingerprint density at radius 1 is 1.20 bits per heavy atom. The van der Waals surface area contributed by atoms with E-state index in [2.05, 4.69) is 0 Å². The maximum Gasteiger partial charge on any atom is 0.497 e. The molecule has 1 heterocycles. The molecule has 1 aromatic carbocycles. The minimum absolute atomic E-state index is 0.0741. The van der Waals surface area contributed by atoms with Crippen molar-refractivity contribution in [2.75, 3.05) is 0 Å². The summed E-state index contributed by atoms with van der Waals surface area (Å²) in [5.74, 6) is -0.490. The number of rotatable bonds is 3. The minimum atomic E-state index is -0.744.